The second-order valence-electron chi connectivity index (χ2n) is 6.62. The van der Waals surface area contributed by atoms with E-state index in [1.807, 2.05) is 0 Å². The highest BCUT2D eigenvalue weighted by atomic mass is 32.1. The Bertz CT molecular complexity index is 912. The monoisotopic (exact) mass is 369 g/mol. The van der Waals surface area contributed by atoms with E-state index in [0.29, 0.717) is 23.3 Å². The zero-order chi connectivity index (χ0) is 17.9. The lowest BCUT2D eigenvalue weighted by Gasteiger charge is -2.31. The molecule has 1 fully saturated rings. The SMILES string of the molecule is Fc1ccc(-c2nn(CN3CCC(c4ccccc4)CC3)c(=S)o2)cc1. The summed E-state index contributed by atoms with van der Waals surface area (Å²) in [5.74, 6) is 0.759. The summed E-state index contributed by atoms with van der Waals surface area (Å²) in [5, 5.41) is 4.46. The second kappa shape index (κ2) is 7.51. The molecule has 2 heterocycles. The van der Waals surface area contributed by atoms with E-state index in [9.17, 15) is 4.39 Å². The van der Waals surface area contributed by atoms with Crippen molar-refractivity contribution in [2.75, 3.05) is 13.1 Å². The molecule has 3 aromatic rings. The number of piperidine rings is 1. The van der Waals surface area contributed by atoms with Gasteiger partial charge in [0.2, 0.25) is 5.89 Å². The Hall–Kier alpha value is -2.31. The molecule has 0 unspecified atom stereocenters. The van der Waals surface area contributed by atoms with Crippen LogP contribution in [-0.2, 0) is 6.67 Å². The maximum Gasteiger partial charge on any atom is 0.288 e. The van der Waals surface area contributed by atoms with E-state index in [0.717, 1.165) is 31.5 Å². The molecule has 0 N–H and O–H groups in total. The first kappa shape index (κ1) is 17.1. The Kier molecular flexibility index (Phi) is 4.95. The number of aromatic nitrogens is 2. The molecule has 0 aliphatic carbocycles. The number of rotatable bonds is 4. The fraction of sp³-hybridized carbons (Fsp3) is 0.300. The highest BCUT2D eigenvalue weighted by Gasteiger charge is 2.21. The molecule has 2 aromatic carbocycles. The zero-order valence-corrected chi connectivity index (χ0v) is 15.2. The lowest BCUT2D eigenvalue weighted by molar-refractivity contribution is 0.159. The van der Waals surface area contributed by atoms with Crippen molar-refractivity contribution in [2.24, 2.45) is 0 Å². The van der Waals surface area contributed by atoms with Crippen LogP contribution in [0.25, 0.3) is 11.5 Å². The molecule has 1 saturated heterocycles. The van der Waals surface area contributed by atoms with Gasteiger partial charge in [0.1, 0.15) is 5.82 Å². The smallest absolute Gasteiger partial charge is 0.288 e. The summed E-state index contributed by atoms with van der Waals surface area (Å²) in [6.45, 7) is 2.62. The molecule has 0 saturated carbocycles. The van der Waals surface area contributed by atoms with Gasteiger partial charge in [-0.15, -0.1) is 5.10 Å². The first-order valence-electron chi connectivity index (χ1n) is 8.80. The van der Waals surface area contributed by atoms with Gasteiger partial charge in [0.05, 0.1) is 6.67 Å². The molecule has 1 aromatic heterocycles. The van der Waals surface area contributed by atoms with Crippen LogP contribution >= 0.6 is 12.2 Å². The minimum atomic E-state index is -0.284. The fourth-order valence-electron chi connectivity index (χ4n) is 3.43. The second-order valence-corrected chi connectivity index (χ2v) is 6.97. The molecule has 26 heavy (non-hydrogen) atoms. The van der Waals surface area contributed by atoms with Crippen LogP contribution in [0, 0.1) is 10.7 Å². The van der Waals surface area contributed by atoms with Crippen molar-refractivity contribution in [3.63, 3.8) is 0 Å². The molecule has 4 rings (SSSR count). The van der Waals surface area contributed by atoms with Crippen LogP contribution in [0.15, 0.2) is 59.0 Å². The zero-order valence-electron chi connectivity index (χ0n) is 14.3. The molecule has 6 heteroatoms. The molecule has 0 spiro atoms. The van der Waals surface area contributed by atoms with Crippen LogP contribution in [0.3, 0.4) is 0 Å². The Morgan fingerprint density at radius 1 is 1.04 bits per heavy atom. The minimum absolute atomic E-state index is 0.284. The van der Waals surface area contributed by atoms with Gasteiger partial charge in [-0.3, -0.25) is 4.90 Å². The third-order valence-electron chi connectivity index (χ3n) is 4.89. The molecule has 0 amide bonds. The van der Waals surface area contributed by atoms with Crippen molar-refractivity contribution in [3.05, 3.63) is 70.8 Å². The minimum Gasteiger partial charge on any atom is -0.409 e. The molecular formula is C20H20FN3OS. The maximum absolute atomic E-state index is 13.1. The summed E-state index contributed by atoms with van der Waals surface area (Å²) >= 11 is 5.30. The van der Waals surface area contributed by atoms with Crippen LogP contribution in [-0.4, -0.2) is 27.8 Å². The first-order valence-corrected chi connectivity index (χ1v) is 9.21. The number of hydrogen-bond acceptors (Lipinski definition) is 4. The number of likely N-dealkylation sites (tertiary alicyclic amines) is 1. The summed E-state index contributed by atoms with van der Waals surface area (Å²) in [6, 6.07) is 16.8. The Morgan fingerprint density at radius 3 is 2.42 bits per heavy atom. The van der Waals surface area contributed by atoms with Gasteiger partial charge in [0.15, 0.2) is 0 Å². The highest BCUT2D eigenvalue weighted by molar-refractivity contribution is 7.71. The normalized spacial score (nSPS) is 16.0. The van der Waals surface area contributed by atoms with Gasteiger partial charge >= 0.3 is 0 Å². The van der Waals surface area contributed by atoms with Gasteiger partial charge in [-0.05, 0) is 60.8 Å². The molecule has 0 bridgehead atoms. The van der Waals surface area contributed by atoms with Gasteiger partial charge in [0.25, 0.3) is 4.84 Å². The van der Waals surface area contributed by atoms with Crippen LogP contribution < -0.4 is 0 Å². The van der Waals surface area contributed by atoms with E-state index >= 15 is 0 Å². The van der Waals surface area contributed by atoms with Crippen molar-refractivity contribution in [1.29, 1.82) is 0 Å². The molecule has 4 nitrogen and oxygen atoms in total. The number of halogens is 1. The quantitative estimate of drug-likeness (QED) is 0.616. The Morgan fingerprint density at radius 2 is 1.73 bits per heavy atom. The third kappa shape index (κ3) is 3.76. The molecule has 0 radical (unpaired) electrons. The van der Waals surface area contributed by atoms with Gasteiger partial charge in [0, 0.05) is 18.7 Å². The Balaban J connectivity index is 1.41. The van der Waals surface area contributed by atoms with Gasteiger partial charge in [-0.25, -0.2) is 9.07 Å². The van der Waals surface area contributed by atoms with Crippen LogP contribution in [0.4, 0.5) is 4.39 Å². The van der Waals surface area contributed by atoms with Gasteiger partial charge < -0.3 is 4.42 Å². The van der Waals surface area contributed by atoms with Gasteiger partial charge in [-0.1, -0.05) is 30.3 Å². The van der Waals surface area contributed by atoms with E-state index in [1.165, 1.54) is 17.7 Å². The average molecular weight is 369 g/mol. The average Bonchev–Trinajstić information content (AvgIpc) is 3.04. The summed E-state index contributed by atoms with van der Waals surface area (Å²) in [5.41, 5.74) is 2.14. The van der Waals surface area contributed by atoms with Crippen molar-refractivity contribution < 1.29 is 8.81 Å². The van der Waals surface area contributed by atoms with Crippen molar-refractivity contribution in [3.8, 4) is 11.5 Å². The summed E-state index contributed by atoms with van der Waals surface area (Å²) < 4.78 is 20.4. The standard InChI is InChI=1S/C20H20FN3OS/c21-18-8-6-17(7-9-18)19-22-24(20(26)25-19)14-23-12-10-16(11-13-23)15-4-2-1-3-5-15/h1-9,16H,10-14H2. The molecule has 1 aliphatic rings. The first-order chi connectivity index (χ1) is 12.7. The lowest BCUT2D eigenvalue weighted by Crippen LogP contribution is -2.34. The maximum atomic E-state index is 13.1. The van der Waals surface area contributed by atoms with Crippen molar-refractivity contribution in [2.45, 2.75) is 25.4 Å². The largest absolute Gasteiger partial charge is 0.409 e. The molecule has 0 atom stereocenters. The Labute approximate surface area is 156 Å². The van der Waals surface area contributed by atoms with Crippen molar-refractivity contribution in [1.82, 2.24) is 14.7 Å². The van der Waals surface area contributed by atoms with E-state index in [-0.39, 0.29) is 5.82 Å². The van der Waals surface area contributed by atoms with Gasteiger partial charge in [-0.2, -0.15) is 0 Å². The van der Waals surface area contributed by atoms with Crippen molar-refractivity contribution >= 4 is 12.2 Å². The summed E-state index contributed by atoms with van der Waals surface area (Å²) in [7, 11) is 0. The number of hydrogen-bond donors (Lipinski definition) is 0. The van der Waals surface area contributed by atoms with E-state index in [2.05, 4.69) is 40.3 Å². The predicted molar refractivity (Wildman–Crippen MR) is 101 cm³/mol. The number of nitrogens with zero attached hydrogens (tertiary/aromatic N) is 3. The third-order valence-corrected chi connectivity index (χ3v) is 5.18. The van der Waals surface area contributed by atoms with Crippen LogP contribution in [0.1, 0.15) is 24.3 Å². The van der Waals surface area contributed by atoms with Crippen LogP contribution in [0.5, 0.6) is 0 Å². The lowest BCUT2D eigenvalue weighted by atomic mass is 9.90. The fourth-order valence-corrected chi connectivity index (χ4v) is 3.60. The highest BCUT2D eigenvalue weighted by Crippen LogP contribution is 2.28. The number of benzene rings is 2. The summed E-state index contributed by atoms with van der Waals surface area (Å²) in [6.07, 6.45) is 2.25. The molecule has 1 aliphatic heterocycles. The van der Waals surface area contributed by atoms with E-state index in [1.54, 1.807) is 16.8 Å². The van der Waals surface area contributed by atoms with E-state index < -0.39 is 0 Å². The molecular weight excluding hydrogens is 349 g/mol. The predicted octanol–water partition coefficient (Wildman–Crippen LogP) is 4.85. The molecule has 134 valence electrons. The topological polar surface area (TPSA) is 34.2 Å². The van der Waals surface area contributed by atoms with Crippen LogP contribution in [0.2, 0.25) is 0 Å². The van der Waals surface area contributed by atoms with E-state index in [4.69, 9.17) is 16.6 Å². The summed E-state index contributed by atoms with van der Waals surface area (Å²) in [4.78, 5) is 2.68.